The molecule has 1 aromatic rings. The van der Waals surface area contributed by atoms with Crippen LogP contribution >= 0.6 is 0 Å². The van der Waals surface area contributed by atoms with E-state index < -0.39 is 0 Å². The average molecular weight is 236 g/mol. The minimum absolute atomic E-state index is 0.190. The molecule has 1 atom stereocenters. The first kappa shape index (κ1) is 11.6. The summed E-state index contributed by atoms with van der Waals surface area (Å²) in [5, 5.41) is 3.27. The number of hydrazine groups is 1. The van der Waals surface area contributed by atoms with Crippen LogP contribution in [0.25, 0.3) is 0 Å². The number of carbonyl (C=O) groups is 1. The van der Waals surface area contributed by atoms with Crippen molar-refractivity contribution in [2.24, 2.45) is 5.84 Å². The third-order valence-electron chi connectivity index (χ3n) is 2.79. The molecule has 7 nitrogen and oxygen atoms in total. The van der Waals surface area contributed by atoms with Gasteiger partial charge in [-0.2, -0.15) is 0 Å². The van der Waals surface area contributed by atoms with E-state index in [9.17, 15) is 4.79 Å². The van der Waals surface area contributed by atoms with E-state index >= 15 is 0 Å². The van der Waals surface area contributed by atoms with Crippen molar-refractivity contribution in [3.8, 4) is 0 Å². The van der Waals surface area contributed by atoms with Crippen LogP contribution in [0.1, 0.15) is 12.8 Å². The van der Waals surface area contributed by atoms with Gasteiger partial charge in [-0.25, -0.2) is 15.8 Å². The summed E-state index contributed by atoms with van der Waals surface area (Å²) >= 11 is 0. The Labute approximate surface area is 99.4 Å². The fraction of sp³-hybridized carbons (Fsp3) is 0.500. The number of piperidine rings is 1. The van der Waals surface area contributed by atoms with Gasteiger partial charge in [0.2, 0.25) is 5.91 Å². The Hall–Kier alpha value is -1.89. The molecule has 2 rings (SSSR count). The lowest BCUT2D eigenvalue weighted by Gasteiger charge is -2.30. The van der Waals surface area contributed by atoms with E-state index in [0.29, 0.717) is 24.6 Å². The van der Waals surface area contributed by atoms with Gasteiger partial charge < -0.3 is 15.6 Å². The van der Waals surface area contributed by atoms with Gasteiger partial charge in [0, 0.05) is 32.1 Å². The van der Waals surface area contributed by atoms with Gasteiger partial charge in [-0.1, -0.05) is 0 Å². The Morgan fingerprint density at radius 1 is 1.47 bits per heavy atom. The zero-order chi connectivity index (χ0) is 12.3. The van der Waals surface area contributed by atoms with Crippen LogP contribution in [-0.4, -0.2) is 40.4 Å². The highest BCUT2D eigenvalue weighted by atomic mass is 16.2. The lowest BCUT2D eigenvalue weighted by atomic mass is 10.1. The van der Waals surface area contributed by atoms with E-state index in [2.05, 4.69) is 20.7 Å². The second-order valence-corrected chi connectivity index (χ2v) is 4.09. The number of hydrogen-bond acceptors (Lipinski definition) is 6. The number of hydrogen-bond donors (Lipinski definition) is 3. The molecule has 1 aliphatic rings. The van der Waals surface area contributed by atoms with Crippen molar-refractivity contribution < 1.29 is 4.79 Å². The van der Waals surface area contributed by atoms with Crippen molar-refractivity contribution in [3.05, 3.63) is 12.4 Å². The van der Waals surface area contributed by atoms with E-state index in [4.69, 9.17) is 5.84 Å². The summed E-state index contributed by atoms with van der Waals surface area (Å²) in [5.41, 5.74) is 2.46. The number of likely N-dealkylation sites (tertiary alicyclic amines) is 1. The zero-order valence-corrected chi connectivity index (χ0v) is 9.68. The number of nitrogens with one attached hydrogen (secondary N) is 2. The van der Waals surface area contributed by atoms with E-state index in [1.54, 1.807) is 11.0 Å². The van der Waals surface area contributed by atoms with Crippen LogP contribution in [0.2, 0.25) is 0 Å². The van der Waals surface area contributed by atoms with Gasteiger partial charge in [0.15, 0.2) is 0 Å². The molecule has 7 heteroatoms. The maximum atomic E-state index is 11.3. The van der Waals surface area contributed by atoms with Crippen LogP contribution in [0.4, 0.5) is 11.6 Å². The summed E-state index contributed by atoms with van der Waals surface area (Å²) in [7, 11) is 1.81. The van der Waals surface area contributed by atoms with E-state index in [1.165, 1.54) is 6.33 Å². The average Bonchev–Trinajstić information content (AvgIpc) is 2.34. The van der Waals surface area contributed by atoms with E-state index in [0.717, 1.165) is 6.42 Å². The Morgan fingerprint density at radius 3 is 2.94 bits per heavy atom. The number of likely N-dealkylation sites (N-methyl/N-ethyl adjacent to an activating group) is 1. The van der Waals surface area contributed by atoms with Crippen LogP contribution < -0.4 is 16.6 Å². The van der Waals surface area contributed by atoms with Gasteiger partial charge in [-0.05, 0) is 6.42 Å². The molecule has 1 saturated heterocycles. The number of rotatable bonds is 3. The fourth-order valence-corrected chi connectivity index (χ4v) is 1.85. The topological polar surface area (TPSA) is 96.2 Å². The summed E-state index contributed by atoms with van der Waals surface area (Å²) in [6.07, 6.45) is 2.83. The van der Waals surface area contributed by atoms with Crippen molar-refractivity contribution in [3.63, 3.8) is 0 Å². The third kappa shape index (κ3) is 2.82. The quantitative estimate of drug-likeness (QED) is 0.496. The van der Waals surface area contributed by atoms with E-state index in [-0.39, 0.29) is 11.9 Å². The molecule has 4 N–H and O–H groups in total. The molecule has 0 aromatic carbocycles. The predicted molar refractivity (Wildman–Crippen MR) is 64.1 cm³/mol. The van der Waals surface area contributed by atoms with Gasteiger partial charge in [0.25, 0.3) is 0 Å². The molecule has 1 unspecified atom stereocenters. The largest absolute Gasteiger partial charge is 0.365 e. The first-order valence-electron chi connectivity index (χ1n) is 5.48. The maximum Gasteiger partial charge on any atom is 0.222 e. The molecule has 92 valence electrons. The Kier molecular flexibility index (Phi) is 3.38. The van der Waals surface area contributed by atoms with Crippen LogP contribution in [0.5, 0.6) is 0 Å². The SMILES string of the molecule is CN1CC(Nc2cc(NN)ncn2)CCC1=O. The normalized spacial score (nSPS) is 20.2. The third-order valence-corrected chi connectivity index (χ3v) is 2.79. The highest BCUT2D eigenvalue weighted by Crippen LogP contribution is 2.15. The lowest BCUT2D eigenvalue weighted by molar-refractivity contribution is -0.132. The van der Waals surface area contributed by atoms with Crippen molar-refractivity contribution in [2.45, 2.75) is 18.9 Å². The fourth-order valence-electron chi connectivity index (χ4n) is 1.85. The Balaban J connectivity index is 1.98. The van der Waals surface area contributed by atoms with Crippen molar-refractivity contribution in [1.82, 2.24) is 14.9 Å². The van der Waals surface area contributed by atoms with Crippen LogP contribution in [0.15, 0.2) is 12.4 Å². The summed E-state index contributed by atoms with van der Waals surface area (Å²) in [6.45, 7) is 0.689. The monoisotopic (exact) mass is 236 g/mol. The molecule has 0 bridgehead atoms. The number of nitrogens with two attached hydrogens (primary N) is 1. The molecule has 0 saturated carbocycles. The molecule has 1 fully saturated rings. The summed E-state index contributed by atoms with van der Waals surface area (Å²) in [6, 6.07) is 1.95. The highest BCUT2D eigenvalue weighted by Gasteiger charge is 2.22. The predicted octanol–water partition coefficient (Wildman–Crippen LogP) is -0.205. The number of carbonyl (C=O) groups excluding carboxylic acids is 1. The number of anilines is 2. The first-order chi connectivity index (χ1) is 8.19. The van der Waals surface area contributed by atoms with Gasteiger partial charge in [-0.3, -0.25) is 4.79 Å². The Bertz CT molecular complexity index is 410. The summed E-state index contributed by atoms with van der Waals surface area (Å²) in [5.74, 6) is 6.73. The minimum atomic E-state index is 0.190. The Morgan fingerprint density at radius 2 is 2.24 bits per heavy atom. The summed E-state index contributed by atoms with van der Waals surface area (Å²) in [4.78, 5) is 21.1. The number of aromatic nitrogens is 2. The van der Waals surface area contributed by atoms with Crippen molar-refractivity contribution in [1.29, 1.82) is 0 Å². The molecular weight excluding hydrogens is 220 g/mol. The van der Waals surface area contributed by atoms with Gasteiger partial charge in [0.05, 0.1) is 0 Å². The van der Waals surface area contributed by atoms with Gasteiger partial charge in [-0.15, -0.1) is 0 Å². The van der Waals surface area contributed by atoms with Crippen molar-refractivity contribution in [2.75, 3.05) is 24.3 Å². The van der Waals surface area contributed by atoms with Gasteiger partial charge >= 0.3 is 0 Å². The summed E-state index contributed by atoms with van der Waals surface area (Å²) < 4.78 is 0. The standard InChI is InChI=1S/C10H16N6O/c1-16-5-7(2-3-10(16)17)14-8-4-9(15-11)13-6-12-8/h4,6-7H,2-3,5,11H2,1H3,(H2,12,13,14,15). The van der Waals surface area contributed by atoms with Crippen LogP contribution in [0.3, 0.4) is 0 Å². The molecule has 0 aliphatic carbocycles. The number of nitrogen functional groups attached to an aromatic ring is 1. The van der Waals surface area contributed by atoms with Gasteiger partial charge in [0.1, 0.15) is 18.0 Å². The second-order valence-electron chi connectivity index (χ2n) is 4.09. The molecule has 1 aromatic heterocycles. The number of nitrogens with zero attached hydrogens (tertiary/aromatic N) is 3. The minimum Gasteiger partial charge on any atom is -0.365 e. The number of amides is 1. The van der Waals surface area contributed by atoms with Crippen LogP contribution in [-0.2, 0) is 4.79 Å². The molecule has 17 heavy (non-hydrogen) atoms. The zero-order valence-electron chi connectivity index (χ0n) is 9.68. The van der Waals surface area contributed by atoms with Crippen LogP contribution in [0, 0.1) is 0 Å². The second kappa shape index (κ2) is 4.96. The van der Waals surface area contributed by atoms with Crippen molar-refractivity contribution >= 4 is 17.5 Å². The molecule has 1 amide bonds. The first-order valence-corrected chi connectivity index (χ1v) is 5.48. The molecule has 0 radical (unpaired) electrons. The molecule has 1 aliphatic heterocycles. The molecule has 2 heterocycles. The van der Waals surface area contributed by atoms with E-state index in [1.807, 2.05) is 7.05 Å². The molecule has 0 spiro atoms. The smallest absolute Gasteiger partial charge is 0.222 e. The lowest BCUT2D eigenvalue weighted by Crippen LogP contribution is -2.43. The maximum absolute atomic E-state index is 11.3. The molecular formula is C10H16N6O. The highest BCUT2D eigenvalue weighted by molar-refractivity contribution is 5.77.